The zero-order valence-corrected chi connectivity index (χ0v) is 17.8. The number of anilines is 2. The van der Waals surface area contributed by atoms with Crippen molar-refractivity contribution in [3.63, 3.8) is 0 Å². The highest BCUT2D eigenvalue weighted by atomic mass is 32.1. The summed E-state index contributed by atoms with van der Waals surface area (Å²) in [4.78, 5) is 23.6. The number of hydrogen-bond acceptors (Lipinski definition) is 5. The van der Waals surface area contributed by atoms with Crippen molar-refractivity contribution >= 4 is 38.3 Å². The minimum atomic E-state index is -0.231. The van der Waals surface area contributed by atoms with E-state index in [9.17, 15) is 9.18 Å². The summed E-state index contributed by atoms with van der Waals surface area (Å²) in [7, 11) is 1.93. The summed E-state index contributed by atoms with van der Waals surface area (Å²) >= 11 is 1.64. The lowest BCUT2D eigenvalue weighted by atomic mass is 10.1. The number of carbonyl (C=O) groups excluding carboxylic acids is 1. The second-order valence-electron chi connectivity index (χ2n) is 7.57. The quantitative estimate of drug-likeness (QED) is 0.653. The number of fused-ring (bicyclic) bond motifs is 1. The van der Waals surface area contributed by atoms with Crippen molar-refractivity contribution in [2.75, 3.05) is 49.6 Å². The molecule has 2 heterocycles. The molecule has 0 N–H and O–H groups in total. The molecule has 0 radical (unpaired) electrons. The van der Waals surface area contributed by atoms with Crippen molar-refractivity contribution < 1.29 is 9.18 Å². The highest BCUT2D eigenvalue weighted by Crippen LogP contribution is 2.32. The molecule has 0 saturated carbocycles. The highest BCUT2D eigenvalue weighted by Gasteiger charge is 2.23. The first-order valence-electron chi connectivity index (χ1n) is 9.78. The number of rotatable bonds is 4. The van der Waals surface area contributed by atoms with Gasteiger partial charge in [-0.3, -0.25) is 4.79 Å². The van der Waals surface area contributed by atoms with Crippen molar-refractivity contribution in [2.24, 2.45) is 0 Å². The fourth-order valence-electron chi connectivity index (χ4n) is 3.65. The van der Waals surface area contributed by atoms with Crippen LogP contribution in [-0.2, 0) is 4.79 Å². The lowest BCUT2D eigenvalue weighted by molar-refractivity contribution is -0.129. The number of aryl methyl sites for hydroxylation is 2. The van der Waals surface area contributed by atoms with E-state index in [0.29, 0.717) is 19.6 Å². The Morgan fingerprint density at radius 1 is 1.07 bits per heavy atom. The number of likely N-dealkylation sites (N-methyl/N-ethyl adjacent to an activating group) is 1. The molecule has 0 unspecified atom stereocenters. The average Bonchev–Trinajstić information content (AvgIpc) is 3.19. The number of hydrogen-bond donors (Lipinski definition) is 0. The number of halogens is 1. The number of piperazine rings is 1. The van der Waals surface area contributed by atoms with Gasteiger partial charge in [0.15, 0.2) is 5.13 Å². The van der Waals surface area contributed by atoms with Gasteiger partial charge in [0, 0.05) is 38.9 Å². The molecule has 0 bridgehead atoms. The van der Waals surface area contributed by atoms with Crippen molar-refractivity contribution in [1.82, 2.24) is 9.88 Å². The predicted molar refractivity (Wildman–Crippen MR) is 118 cm³/mol. The highest BCUT2D eigenvalue weighted by molar-refractivity contribution is 7.22. The Morgan fingerprint density at radius 3 is 2.38 bits per heavy atom. The zero-order chi connectivity index (χ0) is 20.5. The Balaban J connectivity index is 1.38. The van der Waals surface area contributed by atoms with Gasteiger partial charge in [-0.1, -0.05) is 23.5 Å². The first kappa shape index (κ1) is 19.6. The second kappa shape index (κ2) is 7.99. The maximum atomic E-state index is 13.1. The fourth-order valence-corrected chi connectivity index (χ4v) is 4.72. The monoisotopic (exact) mass is 412 g/mol. The Hall–Kier alpha value is -2.67. The minimum absolute atomic E-state index is 0.110. The fraction of sp³-hybridized carbons (Fsp3) is 0.364. The van der Waals surface area contributed by atoms with E-state index in [4.69, 9.17) is 4.98 Å². The SMILES string of the molecule is Cc1ccc(C)c2sc(N(C)CC(=O)N3CCN(c4ccc(F)cc4)CC3)nc12. The van der Waals surface area contributed by atoms with Crippen LogP contribution in [0.1, 0.15) is 11.1 Å². The zero-order valence-electron chi connectivity index (χ0n) is 17.0. The minimum Gasteiger partial charge on any atom is -0.368 e. The van der Waals surface area contributed by atoms with Crippen LogP contribution in [0.15, 0.2) is 36.4 Å². The van der Waals surface area contributed by atoms with E-state index in [1.807, 2.05) is 16.8 Å². The molecule has 5 nitrogen and oxygen atoms in total. The average molecular weight is 413 g/mol. The van der Waals surface area contributed by atoms with Gasteiger partial charge in [-0.2, -0.15) is 0 Å². The van der Waals surface area contributed by atoms with Gasteiger partial charge in [0.25, 0.3) is 0 Å². The van der Waals surface area contributed by atoms with Crippen LogP contribution in [0.3, 0.4) is 0 Å². The molecule has 29 heavy (non-hydrogen) atoms. The standard InChI is InChI=1S/C22H25FN4OS/c1-15-4-5-16(2)21-20(15)24-22(29-21)25(3)14-19(28)27-12-10-26(11-13-27)18-8-6-17(23)7-9-18/h4-9H,10-14H2,1-3H3. The molecule has 0 aliphatic carbocycles. The Kier molecular flexibility index (Phi) is 5.41. The van der Waals surface area contributed by atoms with Crippen molar-refractivity contribution in [3.05, 3.63) is 53.3 Å². The van der Waals surface area contributed by atoms with Crippen LogP contribution in [0, 0.1) is 19.7 Å². The van der Waals surface area contributed by atoms with Crippen LogP contribution < -0.4 is 9.80 Å². The third kappa shape index (κ3) is 4.05. The number of amides is 1. The molecule has 4 rings (SSSR count). The molecule has 152 valence electrons. The van der Waals surface area contributed by atoms with Crippen LogP contribution in [0.2, 0.25) is 0 Å². The molecule has 0 atom stereocenters. The Labute approximate surface area is 174 Å². The van der Waals surface area contributed by atoms with Crippen molar-refractivity contribution in [1.29, 1.82) is 0 Å². The van der Waals surface area contributed by atoms with E-state index < -0.39 is 0 Å². The topological polar surface area (TPSA) is 39.7 Å². The summed E-state index contributed by atoms with van der Waals surface area (Å²) in [5.41, 5.74) is 4.39. The van der Waals surface area contributed by atoms with Gasteiger partial charge in [-0.25, -0.2) is 9.37 Å². The van der Waals surface area contributed by atoms with E-state index in [1.165, 1.54) is 22.4 Å². The Morgan fingerprint density at radius 2 is 1.72 bits per heavy atom. The van der Waals surface area contributed by atoms with Gasteiger partial charge in [0.1, 0.15) is 5.82 Å². The number of thiazole rings is 1. The molecular formula is C22H25FN4OS. The van der Waals surface area contributed by atoms with E-state index >= 15 is 0 Å². The molecule has 0 spiro atoms. The van der Waals surface area contributed by atoms with Crippen LogP contribution in [0.25, 0.3) is 10.2 Å². The van der Waals surface area contributed by atoms with Gasteiger partial charge < -0.3 is 14.7 Å². The van der Waals surface area contributed by atoms with Crippen LogP contribution in [0.5, 0.6) is 0 Å². The molecule has 1 aliphatic heterocycles. The molecule has 7 heteroatoms. The first-order valence-corrected chi connectivity index (χ1v) is 10.6. The molecule has 3 aromatic rings. The van der Waals surface area contributed by atoms with Crippen LogP contribution in [0.4, 0.5) is 15.2 Å². The first-order chi connectivity index (χ1) is 13.9. The summed E-state index contributed by atoms with van der Waals surface area (Å²) in [6.45, 7) is 7.31. The maximum absolute atomic E-state index is 13.1. The molecule has 1 aromatic heterocycles. The molecular weight excluding hydrogens is 387 g/mol. The van der Waals surface area contributed by atoms with E-state index in [1.54, 1.807) is 23.5 Å². The van der Waals surface area contributed by atoms with Crippen molar-refractivity contribution in [3.8, 4) is 0 Å². The molecule has 1 saturated heterocycles. The smallest absolute Gasteiger partial charge is 0.242 e. The van der Waals surface area contributed by atoms with E-state index in [2.05, 4.69) is 30.9 Å². The van der Waals surface area contributed by atoms with Crippen LogP contribution >= 0.6 is 11.3 Å². The van der Waals surface area contributed by atoms with Gasteiger partial charge in [-0.15, -0.1) is 0 Å². The lowest BCUT2D eigenvalue weighted by Crippen LogP contribution is -2.51. The summed E-state index contributed by atoms with van der Waals surface area (Å²) < 4.78 is 14.3. The second-order valence-corrected chi connectivity index (χ2v) is 8.55. The third-order valence-corrected chi connectivity index (χ3v) is 6.76. The normalized spacial score (nSPS) is 14.5. The summed E-state index contributed by atoms with van der Waals surface area (Å²) in [5, 5.41) is 0.871. The van der Waals surface area contributed by atoms with E-state index in [0.717, 1.165) is 35.0 Å². The van der Waals surface area contributed by atoms with Gasteiger partial charge >= 0.3 is 0 Å². The van der Waals surface area contributed by atoms with Gasteiger partial charge in [0.2, 0.25) is 5.91 Å². The number of benzene rings is 2. The maximum Gasteiger partial charge on any atom is 0.242 e. The lowest BCUT2D eigenvalue weighted by Gasteiger charge is -2.36. The van der Waals surface area contributed by atoms with Crippen LogP contribution in [-0.4, -0.2) is 55.6 Å². The molecule has 1 amide bonds. The third-order valence-electron chi connectivity index (χ3n) is 5.45. The van der Waals surface area contributed by atoms with Gasteiger partial charge in [0.05, 0.1) is 16.8 Å². The predicted octanol–water partition coefficient (Wildman–Crippen LogP) is 3.84. The number of carbonyl (C=O) groups is 1. The Bertz CT molecular complexity index is 986. The number of aromatic nitrogens is 1. The summed E-state index contributed by atoms with van der Waals surface area (Å²) in [5.74, 6) is -0.121. The largest absolute Gasteiger partial charge is 0.368 e. The molecule has 1 aliphatic rings. The van der Waals surface area contributed by atoms with Crippen molar-refractivity contribution in [2.45, 2.75) is 13.8 Å². The summed E-state index contributed by atoms with van der Waals surface area (Å²) in [6, 6.07) is 10.7. The van der Waals surface area contributed by atoms with E-state index in [-0.39, 0.29) is 11.7 Å². The van der Waals surface area contributed by atoms with Gasteiger partial charge in [-0.05, 0) is 49.2 Å². The molecule has 2 aromatic carbocycles. The molecule has 1 fully saturated rings. The number of nitrogens with zero attached hydrogens (tertiary/aromatic N) is 4. The summed E-state index contributed by atoms with van der Waals surface area (Å²) in [6.07, 6.45) is 0.